The van der Waals surface area contributed by atoms with E-state index in [1.807, 2.05) is 0 Å². The van der Waals surface area contributed by atoms with Crippen molar-refractivity contribution in [1.82, 2.24) is 0 Å². The van der Waals surface area contributed by atoms with Crippen molar-refractivity contribution in [1.29, 1.82) is 0 Å². The fourth-order valence-electron chi connectivity index (χ4n) is 5.25. The molecule has 0 spiro atoms. The summed E-state index contributed by atoms with van der Waals surface area (Å²) in [5.41, 5.74) is 8.89. The lowest BCUT2D eigenvalue weighted by Crippen LogP contribution is -2.30. The van der Waals surface area contributed by atoms with Crippen LogP contribution in [-0.4, -0.2) is 6.61 Å². The van der Waals surface area contributed by atoms with Gasteiger partial charge in [-0.15, -0.1) is 0 Å². The van der Waals surface area contributed by atoms with Crippen LogP contribution in [0.25, 0.3) is 44.3 Å². The number of aryl methyl sites for hydroxylation is 2. The average Bonchev–Trinajstić information content (AvgIpc) is 3.18. The quantitative estimate of drug-likeness (QED) is 0.277. The average molecular weight is 435 g/mol. The van der Waals surface area contributed by atoms with Crippen molar-refractivity contribution in [3.05, 3.63) is 84.1 Å². The Labute approximate surface area is 194 Å². The number of benzene rings is 3. The third kappa shape index (κ3) is 2.99. The maximum atomic E-state index is 6.73. The molecule has 0 radical (unpaired) electrons. The van der Waals surface area contributed by atoms with E-state index in [9.17, 15) is 0 Å². The molecule has 33 heavy (non-hydrogen) atoms. The highest BCUT2D eigenvalue weighted by Crippen LogP contribution is 2.47. The van der Waals surface area contributed by atoms with E-state index < -0.39 is 0 Å². The molecule has 2 aromatic heterocycles. The molecule has 164 valence electrons. The predicted octanol–water partition coefficient (Wildman–Crippen LogP) is 7.11. The number of hydrogen-bond donors (Lipinski definition) is 0. The van der Waals surface area contributed by atoms with E-state index >= 15 is 0 Å². The largest absolute Gasteiger partial charge is 0.493 e. The zero-order valence-corrected chi connectivity index (χ0v) is 19.6. The Morgan fingerprint density at radius 1 is 0.818 bits per heavy atom. The minimum absolute atomic E-state index is 0.0949. The lowest BCUT2D eigenvalue weighted by Gasteiger charge is -2.33. The SMILES string of the molecule is Cc1ccc2c(oc3c(-c4cccc5c4OCCC5(C)C)cccc32)c1-c1cccc[n+]1C. The Kier molecular flexibility index (Phi) is 4.38. The lowest BCUT2D eigenvalue weighted by molar-refractivity contribution is -0.660. The first-order valence-corrected chi connectivity index (χ1v) is 11.6. The van der Waals surface area contributed by atoms with Crippen LogP contribution in [0, 0.1) is 6.92 Å². The summed E-state index contributed by atoms with van der Waals surface area (Å²) in [6.45, 7) is 7.49. The molecular weight excluding hydrogens is 406 g/mol. The summed E-state index contributed by atoms with van der Waals surface area (Å²) in [5, 5.41) is 2.28. The molecule has 0 saturated heterocycles. The van der Waals surface area contributed by atoms with Crippen LogP contribution in [0.4, 0.5) is 0 Å². The third-order valence-corrected chi connectivity index (χ3v) is 7.19. The van der Waals surface area contributed by atoms with Gasteiger partial charge in [-0.1, -0.05) is 62.4 Å². The molecule has 0 N–H and O–H groups in total. The van der Waals surface area contributed by atoms with Crippen LogP contribution in [0.1, 0.15) is 31.4 Å². The molecule has 0 aliphatic carbocycles. The highest BCUT2D eigenvalue weighted by molar-refractivity contribution is 6.13. The molecule has 0 amide bonds. The number of fused-ring (bicyclic) bond motifs is 4. The monoisotopic (exact) mass is 434 g/mol. The van der Waals surface area contributed by atoms with E-state index in [1.165, 1.54) is 11.1 Å². The Morgan fingerprint density at radius 2 is 1.61 bits per heavy atom. The first-order valence-electron chi connectivity index (χ1n) is 11.6. The number of hydrogen-bond acceptors (Lipinski definition) is 2. The van der Waals surface area contributed by atoms with Crippen molar-refractivity contribution in [2.45, 2.75) is 32.6 Å². The van der Waals surface area contributed by atoms with Crippen LogP contribution in [0.15, 0.2) is 77.3 Å². The number of rotatable bonds is 2. The third-order valence-electron chi connectivity index (χ3n) is 7.19. The minimum Gasteiger partial charge on any atom is -0.493 e. The fraction of sp³-hybridized carbons (Fsp3) is 0.233. The molecule has 6 rings (SSSR count). The van der Waals surface area contributed by atoms with Crippen molar-refractivity contribution in [3.8, 4) is 28.1 Å². The van der Waals surface area contributed by atoms with Gasteiger partial charge in [0.1, 0.15) is 24.0 Å². The van der Waals surface area contributed by atoms with Crippen molar-refractivity contribution < 1.29 is 13.7 Å². The van der Waals surface area contributed by atoms with Gasteiger partial charge in [-0.2, -0.15) is 0 Å². The minimum atomic E-state index is 0.0949. The summed E-state index contributed by atoms with van der Waals surface area (Å²) >= 11 is 0. The highest BCUT2D eigenvalue weighted by atomic mass is 16.5. The van der Waals surface area contributed by atoms with E-state index in [4.69, 9.17) is 9.15 Å². The number of furan rings is 1. The van der Waals surface area contributed by atoms with Gasteiger partial charge in [-0.05, 0) is 30.4 Å². The summed E-state index contributed by atoms with van der Waals surface area (Å²) < 4.78 is 15.1. The summed E-state index contributed by atoms with van der Waals surface area (Å²) in [5.74, 6) is 0.993. The van der Waals surface area contributed by atoms with Gasteiger partial charge in [-0.3, -0.25) is 0 Å². The highest BCUT2D eigenvalue weighted by Gasteiger charge is 2.31. The number of aromatic nitrogens is 1. The van der Waals surface area contributed by atoms with E-state index in [1.54, 1.807) is 0 Å². The maximum absolute atomic E-state index is 6.73. The van der Waals surface area contributed by atoms with Gasteiger partial charge in [0.25, 0.3) is 0 Å². The van der Waals surface area contributed by atoms with Gasteiger partial charge >= 0.3 is 0 Å². The second-order valence-electron chi connectivity index (χ2n) is 9.78. The predicted molar refractivity (Wildman–Crippen MR) is 134 cm³/mol. The molecular formula is C30H28NO2+. The Morgan fingerprint density at radius 3 is 2.45 bits per heavy atom. The van der Waals surface area contributed by atoms with E-state index in [0.29, 0.717) is 0 Å². The number of ether oxygens (including phenoxy) is 1. The Hall–Kier alpha value is -3.59. The molecule has 3 heterocycles. The second kappa shape index (κ2) is 7.21. The van der Waals surface area contributed by atoms with Gasteiger partial charge in [-0.25, -0.2) is 4.57 Å². The topological polar surface area (TPSA) is 26.2 Å². The molecule has 0 atom stereocenters. The molecule has 3 aromatic carbocycles. The molecule has 0 fully saturated rings. The standard InChI is InChI=1S/C30H28NO2/c1-19-14-15-23-21-10-7-9-20(22-11-8-12-24-28(22)32-18-16-30(24,2)3)27(21)33-29(23)26(19)25-13-5-6-17-31(25)4/h5-15,17H,16,18H2,1-4H3/q+1. The van der Waals surface area contributed by atoms with Crippen molar-refractivity contribution in [2.75, 3.05) is 6.61 Å². The van der Waals surface area contributed by atoms with E-state index in [2.05, 4.69) is 105 Å². The zero-order valence-electron chi connectivity index (χ0n) is 19.6. The van der Waals surface area contributed by atoms with Gasteiger partial charge in [0.15, 0.2) is 6.20 Å². The summed E-state index contributed by atoms with van der Waals surface area (Å²) in [7, 11) is 2.08. The summed E-state index contributed by atoms with van der Waals surface area (Å²) in [4.78, 5) is 0. The van der Waals surface area contributed by atoms with Crippen LogP contribution in [0.3, 0.4) is 0 Å². The van der Waals surface area contributed by atoms with Gasteiger partial charge < -0.3 is 9.15 Å². The molecule has 3 heteroatoms. The molecule has 5 aromatic rings. The normalized spacial score (nSPS) is 14.9. The smallest absolute Gasteiger partial charge is 0.216 e. The summed E-state index contributed by atoms with van der Waals surface area (Å²) in [6, 6.07) is 23.6. The zero-order chi connectivity index (χ0) is 22.7. The molecule has 1 aliphatic heterocycles. The molecule has 1 aliphatic rings. The fourth-order valence-corrected chi connectivity index (χ4v) is 5.25. The first-order chi connectivity index (χ1) is 16.0. The van der Waals surface area contributed by atoms with Crippen LogP contribution in [0.2, 0.25) is 0 Å². The van der Waals surface area contributed by atoms with Crippen molar-refractivity contribution in [2.24, 2.45) is 7.05 Å². The molecule has 0 bridgehead atoms. The van der Waals surface area contributed by atoms with E-state index in [-0.39, 0.29) is 5.41 Å². The Balaban J connectivity index is 1.67. The number of para-hydroxylation sites is 2. The number of nitrogens with zero attached hydrogens (tertiary/aromatic N) is 1. The maximum Gasteiger partial charge on any atom is 0.216 e. The van der Waals surface area contributed by atoms with Crippen molar-refractivity contribution >= 4 is 21.9 Å². The molecule has 0 unspecified atom stereocenters. The lowest BCUT2D eigenvalue weighted by atomic mass is 9.78. The van der Waals surface area contributed by atoms with Gasteiger partial charge in [0.05, 0.1) is 12.2 Å². The Bertz CT molecular complexity index is 1540. The number of pyridine rings is 1. The summed E-state index contributed by atoms with van der Waals surface area (Å²) in [6.07, 6.45) is 3.10. The van der Waals surface area contributed by atoms with Crippen LogP contribution in [0.5, 0.6) is 5.75 Å². The van der Waals surface area contributed by atoms with Gasteiger partial charge in [0.2, 0.25) is 5.69 Å². The van der Waals surface area contributed by atoms with Crippen molar-refractivity contribution in [3.63, 3.8) is 0 Å². The second-order valence-corrected chi connectivity index (χ2v) is 9.78. The van der Waals surface area contributed by atoms with Crippen LogP contribution >= 0.6 is 0 Å². The van der Waals surface area contributed by atoms with Gasteiger partial charge in [0, 0.05) is 39.6 Å². The van der Waals surface area contributed by atoms with E-state index in [0.717, 1.165) is 63.1 Å². The first kappa shape index (κ1) is 20.0. The van der Waals surface area contributed by atoms with Crippen LogP contribution in [-0.2, 0) is 12.5 Å². The molecule has 0 saturated carbocycles. The molecule has 3 nitrogen and oxygen atoms in total. The van der Waals surface area contributed by atoms with Crippen LogP contribution < -0.4 is 9.30 Å².